The maximum atomic E-state index is 11.4. The fraction of sp³-hybridized carbons (Fsp3) is 0.200. The average molecular weight is 317 g/mol. The molecule has 0 radical (unpaired) electrons. The van der Waals surface area contributed by atoms with E-state index >= 15 is 0 Å². The SMILES string of the molecule is O=C(NCCO)NCc1ccc(-c2nc3ccccc3s2)o1. The number of aromatic nitrogens is 1. The van der Waals surface area contributed by atoms with Crippen LogP contribution in [0.1, 0.15) is 5.76 Å². The van der Waals surface area contributed by atoms with E-state index < -0.39 is 0 Å². The number of hydrogen-bond donors (Lipinski definition) is 3. The molecule has 0 saturated carbocycles. The predicted molar refractivity (Wildman–Crippen MR) is 84.6 cm³/mol. The second kappa shape index (κ2) is 6.59. The molecule has 2 heterocycles. The van der Waals surface area contributed by atoms with Crippen LogP contribution in [0.5, 0.6) is 0 Å². The lowest BCUT2D eigenvalue weighted by Gasteiger charge is -2.04. The number of aliphatic hydroxyl groups is 1. The van der Waals surface area contributed by atoms with Gasteiger partial charge in [-0.2, -0.15) is 0 Å². The first-order valence-corrected chi connectivity index (χ1v) is 7.65. The van der Waals surface area contributed by atoms with Gasteiger partial charge in [0.05, 0.1) is 23.4 Å². The summed E-state index contributed by atoms with van der Waals surface area (Å²) in [6, 6.07) is 11.2. The van der Waals surface area contributed by atoms with E-state index in [4.69, 9.17) is 9.52 Å². The number of benzene rings is 1. The van der Waals surface area contributed by atoms with Crippen molar-refractivity contribution in [2.24, 2.45) is 0 Å². The van der Waals surface area contributed by atoms with Crippen LogP contribution in [0, 0.1) is 0 Å². The Morgan fingerprint density at radius 1 is 1.23 bits per heavy atom. The summed E-state index contributed by atoms with van der Waals surface area (Å²) < 4.78 is 6.82. The van der Waals surface area contributed by atoms with Crippen molar-refractivity contribution in [3.63, 3.8) is 0 Å². The lowest BCUT2D eigenvalue weighted by atomic mass is 10.3. The monoisotopic (exact) mass is 317 g/mol. The Labute approximate surface area is 130 Å². The number of furan rings is 1. The van der Waals surface area contributed by atoms with Gasteiger partial charge in [0.1, 0.15) is 5.76 Å². The Hall–Kier alpha value is -2.38. The number of carbonyl (C=O) groups is 1. The van der Waals surface area contributed by atoms with Crippen LogP contribution in [0.15, 0.2) is 40.8 Å². The fourth-order valence-corrected chi connectivity index (χ4v) is 2.89. The molecule has 0 aliphatic carbocycles. The highest BCUT2D eigenvalue weighted by Gasteiger charge is 2.10. The molecule has 0 aliphatic heterocycles. The highest BCUT2D eigenvalue weighted by Crippen LogP contribution is 2.30. The third-order valence-corrected chi connectivity index (χ3v) is 4.04. The van der Waals surface area contributed by atoms with Crippen molar-refractivity contribution in [1.29, 1.82) is 0 Å². The number of urea groups is 1. The van der Waals surface area contributed by atoms with E-state index in [2.05, 4.69) is 15.6 Å². The molecule has 114 valence electrons. The summed E-state index contributed by atoms with van der Waals surface area (Å²) in [5.41, 5.74) is 0.946. The highest BCUT2D eigenvalue weighted by molar-refractivity contribution is 7.21. The molecule has 1 aromatic carbocycles. The lowest BCUT2D eigenvalue weighted by Crippen LogP contribution is -2.36. The number of hydrogen-bond acceptors (Lipinski definition) is 5. The molecule has 0 bridgehead atoms. The molecule has 6 nitrogen and oxygen atoms in total. The first-order chi connectivity index (χ1) is 10.8. The average Bonchev–Trinajstić information content (AvgIpc) is 3.16. The highest BCUT2D eigenvalue weighted by atomic mass is 32.1. The van der Waals surface area contributed by atoms with E-state index in [1.807, 2.05) is 36.4 Å². The van der Waals surface area contributed by atoms with Crippen molar-refractivity contribution in [3.05, 3.63) is 42.2 Å². The number of fused-ring (bicyclic) bond motifs is 1. The second-order valence-corrected chi connectivity index (χ2v) is 5.62. The van der Waals surface area contributed by atoms with Gasteiger partial charge in [-0.05, 0) is 24.3 Å². The fourth-order valence-electron chi connectivity index (χ4n) is 1.96. The Bertz CT molecular complexity index is 748. The molecule has 0 saturated heterocycles. The van der Waals surface area contributed by atoms with Gasteiger partial charge in [0.15, 0.2) is 10.8 Å². The van der Waals surface area contributed by atoms with Gasteiger partial charge >= 0.3 is 6.03 Å². The minimum absolute atomic E-state index is 0.0874. The van der Waals surface area contributed by atoms with E-state index in [-0.39, 0.29) is 25.7 Å². The standard InChI is InChI=1S/C15H15N3O3S/c19-8-7-16-15(20)17-9-10-5-6-12(21-10)14-18-11-3-1-2-4-13(11)22-14/h1-6,19H,7-9H2,(H2,16,17,20). The first-order valence-electron chi connectivity index (χ1n) is 6.83. The number of rotatable bonds is 5. The summed E-state index contributed by atoms with van der Waals surface area (Å²) in [6.07, 6.45) is 0. The maximum absolute atomic E-state index is 11.4. The molecule has 2 amide bonds. The van der Waals surface area contributed by atoms with Crippen LogP contribution in [0.2, 0.25) is 0 Å². The topological polar surface area (TPSA) is 87.4 Å². The Kier molecular flexibility index (Phi) is 4.36. The summed E-state index contributed by atoms with van der Waals surface area (Å²) in [7, 11) is 0. The Morgan fingerprint density at radius 3 is 2.91 bits per heavy atom. The lowest BCUT2D eigenvalue weighted by molar-refractivity contribution is 0.233. The maximum Gasteiger partial charge on any atom is 0.315 e. The van der Waals surface area contributed by atoms with Crippen molar-refractivity contribution in [1.82, 2.24) is 15.6 Å². The number of para-hydroxylation sites is 1. The van der Waals surface area contributed by atoms with Crippen molar-refractivity contribution in [2.75, 3.05) is 13.2 Å². The van der Waals surface area contributed by atoms with Gasteiger partial charge in [0.25, 0.3) is 0 Å². The normalized spacial score (nSPS) is 10.8. The van der Waals surface area contributed by atoms with Crippen molar-refractivity contribution < 1.29 is 14.3 Å². The summed E-state index contributed by atoms with van der Waals surface area (Å²) in [4.78, 5) is 15.9. The van der Waals surface area contributed by atoms with Crippen LogP contribution >= 0.6 is 11.3 Å². The van der Waals surface area contributed by atoms with Gasteiger partial charge in [-0.1, -0.05) is 12.1 Å². The zero-order chi connectivity index (χ0) is 15.4. The number of aliphatic hydroxyl groups excluding tert-OH is 1. The van der Waals surface area contributed by atoms with Gasteiger partial charge < -0.3 is 20.2 Å². The van der Waals surface area contributed by atoms with E-state index in [0.717, 1.165) is 15.2 Å². The molecule has 3 aromatic rings. The molecule has 2 aromatic heterocycles. The van der Waals surface area contributed by atoms with Crippen LogP contribution in [0.25, 0.3) is 21.0 Å². The zero-order valence-corrected chi connectivity index (χ0v) is 12.5. The third kappa shape index (κ3) is 3.26. The van der Waals surface area contributed by atoms with E-state index in [1.54, 1.807) is 11.3 Å². The zero-order valence-electron chi connectivity index (χ0n) is 11.7. The summed E-state index contributed by atoms with van der Waals surface area (Å²) >= 11 is 1.57. The van der Waals surface area contributed by atoms with Crippen molar-refractivity contribution in [3.8, 4) is 10.8 Å². The summed E-state index contributed by atoms with van der Waals surface area (Å²) in [5, 5.41) is 14.6. The quantitative estimate of drug-likeness (QED) is 0.674. The van der Waals surface area contributed by atoms with Gasteiger partial charge in [-0.15, -0.1) is 11.3 Å². The number of thiazole rings is 1. The smallest absolute Gasteiger partial charge is 0.315 e. The first kappa shape index (κ1) is 14.6. The van der Waals surface area contributed by atoms with Gasteiger partial charge in [0, 0.05) is 6.54 Å². The van der Waals surface area contributed by atoms with E-state index in [0.29, 0.717) is 11.5 Å². The molecule has 0 fully saturated rings. The molecule has 3 rings (SSSR count). The summed E-state index contributed by atoms with van der Waals surface area (Å²) in [5.74, 6) is 1.34. The van der Waals surface area contributed by atoms with Gasteiger partial charge in [0.2, 0.25) is 0 Å². The molecular weight excluding hydrogens is 302 g/mol. The van der Waals surface area contributed by atoms with Crippen LogP contribution in [0.3, 0.4) is 0 Å². The summed E-state index contributed by atoms with van der Waals surface area (Å²) in [6.45, 7) is 0.416. The van der Waals surface area contributed by atoms with Crippen molar-refractivity contribution >= 4 is 27.6 Å². The Morgan fingerprint density at radius 2 is 2.09 bits per heavy atom. The molecule has 0 unspecified atom stereocenters. The van der Waals surface area contributed by atoms with Crippen LogP contribution in [0.4, 0.5) is 4.79 Å². The van der Waals surface area contributed by atoms with Gasteiger partial charge in [-0.25, -0.2) is 9.78 Å². The molecule has 0 spiro atoms. The molecule has 7 heteroatoms. The van der Waals surface area contributed by atoms with Crippen molar-refractivity contribution in [2.45, 2.75) is 6.54 Å². The number of nitrogens with zero attached hydrogens (tertiary/aromatic N) is 1. The van der Waals surface area contributed by atoms with Gasteiger partial charge in [-0.3, -0.25) is 0 Å². The van der Waals surface area contributed by atoms with Crippen LogP contribution in [-0.2, 0) is 6.54 Å². The second-order valence-electron chi connectivity index (χ2n) is 4.59. The number of carbonyl (C=O) groups excluding carboxylic acids is 1. The molecule has 3 N–H and O–H groups in total. The van der Waals surface area contributed by atoms with Crippen LogP contribution in [-0.4, -0.2) is 29.3 Å². The largest absolute Gasteiger partial charge is 0.457 e. The molecule has 22 heavy (non-hydrogen) atoms. The van der Waals surface area contributed by atoms with E-state index in [9.17, 15) is 4.79 Å². The molecule has 0 atom stereocenters. The number of nitrogens with one attached hydrogen (secondary N) is 2. The van der Waals surface area contributed by atoms with Crippen LogP contribution < -0.4 is 10.6 Å². The number of amides is 2. The predicted octanol–water partition coefficient (Wildman–Crippen LogP) is 2.35. The molecular formula is C15H15N3O3S. The molecule has 0 aliphatic rings. The minimum Gasteiger partial charge on any atom is -0.457 e. The van der Waals surface area contributed by atoms with E-state index in [1.165, 1.54) is 0 Å². The Balaban J connectivity index is 1.67. The minimum atomic E-state index is -0.341. The third-order valence-electron chi connectivity index (χ3n) is 2.99.